The first-order valence-electron chi connectivity index (χ1n) is 10.8. The van der Waals surface area contributed by atoms with Crippen molar-refractivity contribution in [3.8, 4) is 5.75 Å². The molecule has 0 aliphatic heterocycles. The first-order chi connectivity index (χ1) is 16.6. The van der Waals surface area contributed by atoms with Gasteiger partial charge in [0.1, 0.15) is 22.4 Å². The van der Waals surface area contributed by atoms with Crippen molar-refractivity contribution < 1.29 is 18.7 Å². The third-order valence-electron chi connectivity index (χ3n) is 6.22. The van der Waals surface area contributed by atoms with Crippen LogP contribution in [0.2, 0.25) is 0 Å². The number of carbonyl (C=O) groups excluding carboxylic acids is 2. The average Bonchev–Trinajstić information content (AvgIpc) is 3.56. The predicted molar refractivity (Wildman–Crippen MR) is 129 cm³/mol. The number of nitrogens with two attached hydrogens (primary N) is 1. The molecule has 180 valence electrons. The van der Waals surface area contributed by atoms with Crippen LogP contribution in [0.3, 0.4) is 0 Å². The highest BCUT2D eigenvalue weighted by molar-refractivity contribution is 6.34. The number of aromatic nitrogens is 3. The van der Waals surface area contributed by atoms with Crippen molar-refractivity contribution in [2.24, 2.45) is 11.1 Å². The number of carbonyl (C=O) groups is 2. The van der Waals surface area contributed by atoms with Gasteiger partial charge in [-0.15, -0.1) is 11.6 Å². The number of primary amides is 1. The van der Waals surface area contributed by atoms with E-state index in [0.717, 1.165) is 5.69 Å². The number of aryl methyl sites for hydroxylation is 1. The van der Waals surface area contributed by atoms with Crippen molar-refractivity contribution in [2.45, 2.75) is 30.2 Å². The van der Waals surface area contributed by atoms with Crippen LogP contribution in [-0.4, -0.2) is 37.4 Å². The first-order valence-corrected chi connectivity index (χ1v) is 11.6. The Bertz CT molecular complexity index is 1400. The van der Waals surface area contributed by atoms with Crippen molar-refractivity contribution in [2.75, 3.05) is 4.90 Å². The fourth-order valence-corrected chi connectivity index (χ4v) is 4.50. The van der Waals surface area contributed by atoms with Crippen LogP contribution in [0.5, 0.6) is 5.75 Å². The fraction of sp³-hybridized carbons (Fsp3) is 0.250. The molecule has 2 atom stereocenters. The highest BCUT2D eigenvalue weighted by Gasteiger charge is 2.58. The number of amides is 2. The summed E-state index contributed by atoms with van der Waals surface area (Å²) in [7, 11) is 0. The average molecular weight is 516 g/mol. The molecule has 1 fully saturated rings. The second kappa shape index (κ2) is 8.35. The van der Waals surface area contributed by atoms with Crippen LogP contribution in [0, 0.1) is 18.2 Å². The minimum absolute atomic E-state index is 0.338. The van der Waals surface area contributed by atoms with Crippen molar-refractivity contribution in [1.82, 2.24) is 15.2 Å². The van der Waals surface area contributed by atoms with E-state index in [1.807, 2.05) is 6.92 Å². The third-order valence-corrected chi connectivity index (χ3v) is 7.22. The van der Waals surface area contributed by atoms with Crippen LogP contribution in [0.1, 0.15) is 18.5 Å². The molecule has 2 unspecified atom stereocenters. The molecular weight excluding hydrogens is 496 g/mol. The number of hydrogen-bond acceptors (Lipinski definition) is 5. The molecule has 3 N–H and O–H groups in total. The minimum Gasteiger partial charge on any atom is -0.466 e. The summed E-state index contributed by atoms with van der Waals surface area (Å²) in [5, 5.41) is 5.21. The monoisotopic (exact) mass is 515 g/mol. The van der Waals surface area contributed by atoms with E-state index < -0.39 is 33.5 Å². The van der Waals surface area contributed by atoms with Crippen LogP contribution in [0.15, 0.2) is 60.5 Å². The number of nitrogens with one attached hydrogen (secondary N) is 1. The number of pyridine rings is 1. The van der Waals surface area contributed by atoms with Gasteiger partial charge >= 0.3 is 0 Å². The number of alkyl halides is 2. The van der Waals surface area contributed by atoms with E-state index in [4.69, 9.17) is 33.7 Å². The third kappa shape index (κ3) is 3.94. The summed E-state index contributed by atoms with van der Waals surface area (Å²) in [6.45, 7) is 1.83. The molecule has 11 heteroatoms. The molecule has 3 aromatic rings. The molecule has 0 spiro atoms. The van der Waals surface area contributed by atoms with Crippen molar-refractivity contribution >= 4 is 51.7 Å². The maximum absolute atomic E-state index is 13.6. The number of H-pyrrole nitrogens is 1. The van der Waals surface area contributed by atoms with Gasteiger partial charge in [0.15, 0.2) is 5.65 Å². The number of fused-ring (bicyclic) bond motifs is 1. The summed E-state index contributed by atoms with van der Waals surface area (Å²) in [4.78, 5) is 31.1. The highest BCUT2D eigenvalue weighted by atomic mass is 35.5. The lowest BCUT2D eigenvalue weighted by molar-refractivity contribution is -0.133. The number of anilines is 1. The van der Waals surface area contributed by atoms with E-state index in [1.54, 1.807) is 24.4 Å². The zero-order chi connectivity index (χ0) is 25.0. The van der Waals surface area contributed by atoms with Gasteiger partial charge in [-0.1, -0.05) is 11.6 Å². The molecule has 2 aliphatic rings. The fourth-order valence-electron chi connectivity index (χ4n) is 4.05. The Hall–Kier alpha value is -3.43. The summed E-state index contributed by atoms with van der Waals surface area (Å²) >= 11 is 13.5. The van der Waals surface area contributed by atoms with Crippen molar-refractivity contribution in [1.29, 1.82) is 0 Å². The van der Waals surface area contributed by atoms with E-state index >= 15 is 0 Å². The standard InChI is InChI=1S/C24H20Cl2FN5O3/c1-13-19-17(7-11-29-20(19)31-30-13)35-24(26)8-6-16(12-18(24)25)32(15-4-2-14(27)3-5-15)22(34)23(9-10-23)21(28)33/h2-8,11-12,18H,9-10H2,1H3,(H2,28,33)(H,29,30,31). The van der Waals surface area contributed by atoms with E-state index in [-0.39, 0.29) is 0 Å². The second-order valence-corrected chi connectivity index (χ2v) is 9.61. The van der Waals surface area contributed by atoms with Crippen LogP contribution in [0.4, 0.5) is 10.1 Å². The summed E-state index contributed by atoms with van der Waals surface area (Å²) in [6.07, 6.45) is 6.87. The summed E-state index contributed by atoms with van der Waals surface area (Å²) in [5.41, 5.74) is 6.17. The topological polar surface area (TPSA) is 114 Å². The number of rotatable bonds is 6. The van der Waals surface area contributed by atoms with E-state index in [1.165, 1.54) is 35.2 Å². The maximum atomic E-state index is 13.6. The molecule has 35 heavy (non-hydrogen) atoms. The largest absolute Gasteiger partial charge is 0.466 e. The van der Waals surface area contributed by atoms with Crippen molar-refractivity contribution in [3.05, 3.63) is 72.0 Å². The van der Waals surface area contributed by atoms with Crippen LogP contribution < -0.4 is 15.4 Å². The van der Waals surface area contributed by atoms with Gasteiger partial charge in [-0.3, -0.25) is 19.6 Å². The molecule has 5 rings (SSSR count). The Balaban J connectivity index is 1.49. The predicted octanol–water partition coefficient (Wildman–Crippen LogP) is 4.08. The van der Waals surface area contributed by atoms with Gasteiger partial charge in [0.05, 0.1) is 5.39 Å². The van der Waals surface area contributed by atoms with Gasteiger partial charge < -0.3 is 10.5 Å². The van der Waals surface area contributed by atoms with Crippen molar-refractivity contribution in [3.63, 3.8) is 0 Å². The molecule has 1 saturated carbocycles. The molecule has 1 aromatic carbocycles. The zero-order valence-corrected chi connectivity index (χ0v) is 20.0. The number of hydrogen-bond donors (Lipinski definition) is 2. The zero-order valence-electron chi connectivity index (χ0n) is 18.5. The smallest absolute Gasteiger partial charge is 0.247 e. The summed E-state index contributed by atoms with van der Waals surface area (Å²) < 4.78 is 19.7. The lowest BCUT2D eigenvalue weighted by Crippen LogP contribution is -2.45. The lowest BCUT2D eigenvalue weighted by Gasteiger charge is -2.34. The Morgan fingerprint density at radius 3 is 2.60 bits per heavy atom. The van der Waals surface area contributed by atoms with Crippen LogP contribution in [-0.2, 0) is 9.59 Å². The Morgan fingerprint density at radius 1 is 1.26 bits per heavy atom. The van der Waals surface area contributed by atoms with E-state index in [2.05, 4.69) is 15.2 Å². The molecule has 2 aliphatic carbocycles. The van der Waals surface area contributed by atoms with E-state index in [0.29, 0.717) is 41.0 Å². The Kier molecular flexibility index (Phi) is 5.56. The molecular formula is C24H20Cl2FN5O3. The quantitative estimate of drug-likeness (QED) is 0.379. The SMILES string of the molecule is Cc1[nH]nc2nccc(OC3(Cl)C=CC(N(C(=O)C4(C(N)=O)CC4)c4ccc(F)cc4)=CC3Cl)c12. The van der Waals surface area contributed by atoms with Gasteiger partial charge in [-0.05, 0) is 68.3 Å². The molecule has 8 nitrogen and oxygen atoms in total. The molecule has 2 amide bonds. The number of nitrogens with zero attached hydrogens (tertiary/aromatic N) is 3. The van der Waals surface area contributed by atoms with Crippen LogP contribution >= 0.6 is 23.2 Å². The second-order valence-electron chi connectivity index (χ2n) is 8.55. The number of ether oxygens (including phenoxy) is 1. The Labute approximate surface area is 209 Å². The summed E-state index contributed by atoms with van der Waals surface area (Å²) in [6, 6.07) is 6.99. The normalized spacial score (nSPS) is 22.5. The minimum atomic E-state index is -1.50. The highest BCUT2D eigenvalue weighted by Crippen LogP contribution is 2.49. The first kappa shape index (κ1) is 23.3. The molecule has 0 radical (unpaired) electrons. The molecule has 2 aromatic heterocycles. The van der Waals surface area contributed by atoms with E-state index in [9.17, 15) is 14.0 Å². The summed E-state index contributed by atoms with van der Waals surface area (Å²) in [5.74, 6) is -1.25. The van der Waals surface area contributed by atoms with Gasteiger partial charge in [0, 0.05) is 23.3 Å². The van der Waals surface area contributed by atoms with Crippen LogP contribution in [0.25, 0.3) is 11.0 Å². The van der Waals surface area contributed by atoms with Gasteiger partial charge in [-0.2, -0.15) is 5.10 Å². The van der Waals surface area contributed by atoms with Gasteiger partial charge in [-0.25, -0.2) is 9.37 Å². The Morgan fingerprint density at radius 2 is 1.97 bits per heavy atom. The molecule has 0 bridgehead atoms. The number of aromatic amines is 1. The lowest BCUT2D eigenvalue weighted by atomic mass is 10.0. The molecule has 2 heterocycles. The molecule has 0 saturated heterocycles. The number of halogens is 3. The number of benzene rings is 1. The number of allylic oxidation sites excluding steroid dienone is 1. The van der Waals surface area contributed by atoms with Gasteiger partial charge in [0.25, 0.3) is 0 Å². The van der Waals surface area contributed by atoms with Gasteiger partial charge in [0.2, 0.25) is 16.9 Å². The maximum Gasteiger partial charge on any atom is 0.247 e.